The second-order valence-corrected chi connectivity index (χ2v) is 8.99. The Kier molecular flexibility index (Phi) is 7.68. The van der Waals surface area contributed by atoms with Gasteiger partial charge in [0.15, 0.2) is 0 Å². The summed E-state index contributed by atoms with van der Waals surface area (Å²) in [6.07, 6.45) is 5.12. The van der Waals surface area contributed by atoms with Gasteiger partial charge in [-0.3, -0.25) is 4.79 Å². The van der Waals surface area contributed by atoms with Crippen LogP contribution in [0.2, 0.25) is 0 Å². The molecule has 3 aromatic rings. The fourth-order valence-corrected chi connectivity index (χ4v) is 4.13. The normalized spacial score (nSPS) is 14.7. The van der Waals surface area contributed by atoms with Crippen molar-refractivity contribution < 1.29 is 4.79 Å². The lowest BCUT2D eigenvalue weighted by Crippen LogP contribution is -2.35. The van der Waals surface area contributed by atoms with E-state index in [0.29, 0.717) is 17.9 Å². The smallest absolute Gasteiger partial charge is 0.251 e. The molecule has 6 heteroatoms. The topological polar surface area (TPSA) is 70.2 Å². The van der Waals surface area contributed by atoms with Crippen molar-refractivity contribution in [2.75, 3.05) is 31.5 Å². The quantitative estimate of drug-likeness (QED) is 0.477. The lowest BCUT2D eigenvalue weighted by Gasteiger charge is -2.30. The van der Waals surface area contributed by atoms with E-state index in [4.69, 9.17) is 0 Å². The molecular formula is C27H33N5O. The van der Waals surface area contributed by atoms with Gasteiger partial charge in [-0.15, -0.1) is 0 Å². The first-order valence-corrected chi connectivity index (χ1v) is 11.8. The summed E-state index contributed by atoms with van der Waals surface area (Å²) in [5.74, 6) is 1.53. The summed E-state index contributed by atoms with van der Waals surface area (Å²) < 4.78 is 0. The van der Waals surface area contributed by atoms with E-state index in [1.165, 1.54) is 31.5 Å². The molecule has 1 saturated heterocycles. The Hall–Kier alpha value is -3.25. The first kappa shape index (κ1) is 22.9. The Bertz CT molecular complexity index is 1060. The van der Waals surface area contributed by atoms with Gasteiger partial charge in [-0.1, -0.05) is 30.7 Å². The van der Waals surface area contributed by atoms with Crippen LogP contribution in [-0.2, 0) is 0 Å². The Morgan fingerprint density at radius 3 is 2.61 bits per heavy atom. The molecule has 0 spiro atoms. The van der Waals surface area contributed by atoms with Crippen molar-refractivity contribution in [3.05, 3.63) is 72.1 Å². The highest BCUT2D eigenvalue weighted by atomic mass is 16.1. The van der Waals surface area contributed by atoms with Gasteiger partial charge >= 0.3 is 0 Å². The van der Waals surface area contributed by atoms with E-state index >= 15 is 0 Å². The largest absolute Gasteiger partial charge is 0.352 e. The zero-order chi connectivity index (χ0) is 23.0. The van der Waals surface area contributed by atoms with E-state index in [0.717, 1.165) is 35.8 Å². The molecular weight excluding hydrogens is 410 g/mol. The Labute approximate surface area is 196 Å². The lowest BCUT2D eigenvalue weighted by molar-refractivity contribution is 0.0950. The van der Waals surface area contributed by atoms with Crippen LogP contribution in [0.3, 0.4) is 0 Å². The standard InChI is InChI=1S/C27H33N5O/c1-20-11-15-32(16-12-20)14-4-13-28-27(33)22-7-9-24(10-8-22)31-26-18-25(29-19-30-26)23-6-3-5-21(2)17-23/h3,5-10,17-20H,4,11-16H2,1-2H3,(H,28,33)(H,29,30,31). The molecule has 1 aliphatic rings. The van der Waals surface area contributed by atoms with Crippen LogP contribution in [0.15, 0.2) is 60.9 Å². The molecule has 33 heavy (non-hydrogen) atoms. The maximum atomic E-state index is 12.5. The molecule has 4 rings (SSSR count). The van der Waals surface area contributed by atoms with Crippen molar-refractivity contribution in [2.45, 2.75) is 33.1 Å². The average molecular weight is 444 g/mol. The number of benzene rings is 2. The van der Waals surface area contributed by atoms with Crippen LogP contribution < -0.4 is 10.6 Å². The number of nitrogens with one attached hydrogen (secondary N) is 2. The number of carbonyl (C=O) groups is 1. The van der Waals surface area contributed by atoms with Crippen LogP contribution in [0.4, 0.5) is 11.5 Å². The number of anilines is 2. The van der Waals surface area contributed by atoms with Crippen molar-refractivity contribution in [3.63, 3.8) is 0 Å². The van der Waals surface area contributed by atoms with Gasteiger partial charge in [0.05, 0.1) is 5.69 Å². The van der Waals surface area contributed by atoms with Crippen molar-refractivity contribution in [2.24, 2.45) is 5.92 Å². The second kappa shape index (κ2) is 11.1. The van der Waals surface area contributed by atoms with Gasteiger partial charge in [0.2, 0.25) is 0 Å². The SMILES string of the molecule is Cc1cccc(-c2cc(Nc3ccc(C(=O)NCCCN4CCC(C)CC4)cc3)ncn2)c1. The van der Waals surface area contributed by atoms with Crippen LogP contribution >= 0.6 is 0 Å². The van der Waals surface area contributed by atoms with E-state index in [-0.39, 0.29) is 5.91 Å². The fourth-order valence-electron chi connectivity index (χ4n) is 4.13. The summed E-state index contributed by atoms with van der Waals surface area (Å²) >= 11 is 0. The predicted octanol–water partition coefficient (Wildman–Crippen LogP) is 5.05. The van der Waals surface area contributed by atoms with Gasteiger partial charge in [0, 0.05) is 29.4 Å². The number of aromatic nitrogens is 2. The first-order valence-electron chi connectivity index (χ1n) is 11.8. The van der Waals surface area contributed by atoms with Crippen LogP contribution in [0, 0.1) is 12.8 Å². The van der Waals surface area contributed by atoms with Crippen molar-refractivity contribution in [1.29, 1.82) is 0 Å². The third kappa shape index (κ3) is 6.62. The number of carbonyl (C=O) groups excluding carboxylic acids is 1. The monoisotopic (exact) mass is 443 g/mol. The number of hydrogen-bond acceptors (Lipinski definition) is 5. The van der Waals surface area contributed by atoms with Gasteiger partial charge in [0.1, 0.15) is 12.1 Å². The summed E-state index contributed by atoms with van der Waals surface area (Å²) in [4.78, 5) is 23.7. The zero-order valence-corrected chi connectivity index (χ0v) is 19.6. The second-order valence-electron chi connectivity index (χ2n) is 8.99. The third-order valence-electron chi connectivity index (χ3n) is 6.21. The minimum Gasteiger partial charge on any atom is -0.352 e. The number of nitrogens with zero attached hydrogens (tertiary/aromatic N) is 3. The first-order chi connectivity index (χ1) is 16.1. The molecule has 0 bridgehead atoms. The van der Waals surface area contributed by atoms with E-state index in [1.807, 2.05) is 42.5 Å². The van der Waals surface area contributed by atoms with Gasteiger partial charge in [-0.2, -0.15) is 0 Å². The van der Waals surface area contributed by atoms with Crippen LogP contribution in [0.5, 0.6) is 0 Å². The molecule has 0 atom stereocenters. The van der Waals surface area contributed by atoms with Crippen molar-refractivity contribution in [1.82, 2.24) is 20.2 Å². The van der Waals surface area contributed by atoms with Crippen molar-refractivity contribution >= 4 is 17.4 Å². The summed E-state index contributed by atoms with van der Waals surface area (Å²) in [6, 6.07) is 17.6. The summed E-state index contributed by atoms with van der Waals surface area (Å²) in [7, 11) is 0. The fraction of sp³-hybridized carbons (Fsp3) is 0.370. The predicted molar refractivity (Wildman–Crippen MR) is 134 cm³/mol. The lowest BCUT2D eigenvalue weighted by atomic mass is 9.99. The number of likely N-dealkylation sites (tertiary alicyclic amines) is 1. The van der Waals surface area contributed by atoms with Crippen molar-refractivity contribution in [3.8, 4) is 11.3 Å². The summed E-state index contributed by atoms with van der Waals surface area (Å²) in [6.45, 7) is 8.52. The van der Waals surface area contributed by atoms with Crippen LogP contribution in [0.1, 0.15) is 42.1 Å². The Morgan fingerprint density at radius 1 is 1.06 bits per heavy atom. The molecule has 1 fully saturated rings. The summed E-state index contributed by atoms with van der Waals surface area (Å²) in [5.41, 5.74) is 4.65. The number of aryl methyl sites for hydroxylation is 1. The maximum absolute atomic E-state index is 12.5. The number of amides is 1. The number of piperidine rings is 1. The minimum atomic E-state index is -0.0300. The highest BCUT2D eigenvalue weighted by molar-refractivity contribution is 5.94. The Morgan fingerprint density at radius 2 is 1.85 bits per heavy atom. The van der Waals surface area contributed by atoms with E-state index in [1.54, 1.807) is 6.33 Å². The van der Waals surface area contributed by atoms with Crippen LogP contribution in [0.25, 0.3) is 11.3 Å². The molecule has 1 amide bonds. The molecule has 0 unspecified atom stereocenters. The maximum Gasteiger partial charge on any atom is 0.251 e. The molecule has 1 aromatic heterocycles. The minimum absolute atomic E-state index is 0.0300. The van der Waals surface area contributed by atoms with E-state index in [2.05, 4.69) is 51.5 Å². The highest BCUT2D eigenvalue weighted by Gasteiger charge is 2.15. The molecule has 2 aromatic carbocycles. The molecule has 2 heterocycles. The van der Waals surface area contributed by atoms with Gasteiger partial charge < -0.3 is 15.5 Å². The Balaban J connectivity index is 1.27. The van der Waals surface area contributed by atoms with E-state index in [9.17, 15) is 4.79 Å². The van der Waals surface area contributed by atoms with Gasteiger partial charge in [-0.25, -0.2) is 9.97 Å². The van der Waals surface area contributed by atoms with Crippen LogP contribution in [-0.4, -0.2) is 47.0 Å². The number of rotatable bonds is 8. The molecule has 172 valence electrons. The molecule has 6 nitrogen and oxygen atoms in total. The number of hydrogen-bond donors (Lipinski definition) is 2. The molecule has 2 N–H and O–H groups in total. The molecule has 0 aliphatic carbocycles. The average Bonchev–Trinajstić information content (AvgIpc) is 2.83. The molecule has 1 aliphatic heterocycles. The highest BCUT2D eigenvalue weighted by Crippen LogP contribution is 2.22. The zero-order valence-electron chi connectivity index (χ0n) is 19.6. The third-order valence-corrected chi connectivity index (χ3v) is 6.21. The molecule has 0 radical (unpaired) electrons. The van der Waals surface area contributed by atoms with E-state index < -0.39 is 0 Å². The molecule has 0 saturated carbocycles. The summed E-state index contributed by atoms with van der Waals surface area (Å²) in [5, 5.41) is 6.34. The van der Waals surface area contributed by atoms with Gasteiger partial charge in [-0.05, 0) is 82.1 Å². The van der Waals surface area contributed by atoms with Gasteiger partial charge in [0.25, 0.3) is 5.91 Å².